The van der Waals surface area contributed by atoms with E-state index in [2.05, 4.69) is 10.6 Å². The van der Waals surface area contributed by atoms with Crippen LogP contribution in [-0.4, -0.2) is 24.4 Å². The summed E-state index contributed by atoms with van der Waals surface area (Å²) >= 11 is 0. The van der Waals surface area contributed by atoms with E-state index in [9.17, 15) is 14.0 Å². The fourth-order valence-electron chi connectivity index (χ4n) is 2.14. The molecule has 0 atom stereocenters. The molecule has 6 heteroatoms. The minimum Gasteiger partial charge on any atom is -0.457 e. The number of hydrogen-bond donors (Lipinski definition) is 2. The molecule has 1 aliphatic rings. The van der Waals surface area contributed by atoms with Crippen molar-refractivity contribution >= 4 is 17.9 Å². The highest BCUT2D eigenvalue weighted by Crippen LogP contribution is 2.25. The normalized spacial score (nSPS) is 13.9. The van der Waals surface area contributed by atoms with Crippen molar-refractivity contribution in [3.63, 3.8) is 0 Å². The average molecular weight is 328 g/mol. The number of carbonyl (C=O) groups excluding carboxylic acids is 2. The zero-order valence-corrected chi connectivity index (χ0v) is 12.9. The van der Waals surface area contributed by atoms with Crippen LogP contribution < -0.4 is 10.6 Å². The first-order chi connectivity index (χ1) is 11.6. The molecule has 1 fully saturated rings. The monoisotopic (exact) mass is 328 g/mol. The van der Waals surface area contributed by atoms with Crippen LogP contribution in [0.1, 0.15) is 18.6 Å². The van der Waals surface area contributed by atoms with Crippen molar-refractivity contribution < 1.29 is 18.4 Å². The van der Waals surface area contributed by atoms with Crippen molar-refractivity contribution in [1.29, 1.82) is 0 Å². The van der Waals surface area contributed by atoms with Gasteiger partial charge < -0.3 is 15.1 Å². The van der Waals surface area contributed by atoms with Gasteiger partial charge in [-0.2, -0.15) is 0 Å². The predicted octanol–water partition coefficient (Wildman–Crippen LogP) is 2.49. The van der Waals surface area contributed by atoms with E-state index in [0.717, 1.165) is 12.8 Å². The molecule has 0 unspecified atom stereocenters. The topological polar surface area (TPSA) is 71.3 Å². The third kappa shape index (κ3) is 4.32. The maximum atomic E-state index is 13.7. The first-order valence-electron chi connectivity index (χ1n) is 7.72. The maximum absolute atomic E-state index is 13.7. The molecule has 2 N–H and O–H groups in total. The van der Waals surface area contributed by atoms with Crippen molar-refractivity contribution in [2.45, 2.75) is 18.9 Å². The molecule has 0 radical (unpaired) electrons. The maximum Gasteiger partial charge on any atom is 0.244 e. The smallest absolute Gasteiger partial charge is 0.244 e. The molecule has 3 rings (SSSR count). The first-order valence-corrected chi connectivity index (χ1v) is 7.72. The summed E-state index contributed by atoms with van der Waals surface area (Å²) in [4.78, 5) is 23.1. The van der Waals surface area contributed by atoms with Gasteiger partial charge in [0.1, 0.15) is 17.3 Å². The van der Waals surface area contributed by atoms with Crippen molar-refractivity contribution in [2.75, 3.05) is 6.54 Å². The highest BCUT2D eigenvalue weighted by molar-refractivity contribution is 5.94. The largest absolute Gasteiger partial charge is 0.457 e. The van der Waals surface area contributed by atoms with Gasteiger partial charge in [0.25, 0.3) is 0 Å². The average Bonchev–Trinajstić information content (AvgIpc) is 3.26. The number of nitrogens with one attached hydrogen (secondary N) is 2. The van der Waals surface area contributed by atoms with Gasteiger partial charge in [-0.1, -0.05) is 12.1 Å². The number of hydrogen-bond acceptors (Lipinski definition) is 3. The molecule has 2 amide bonds. The van der Waals surface area contributed by atoms with E-state index in [1.54, 1.807) is 30.3 Å². The van der Waals surface area contributed by atoms with Gasteiger partial charge in [-0.25, -0.2) is 4.39 Å². The molecule has 1 aromatic carbocycles. The number of rotatable bonds is 6. The molecule has 124 valence electrons. The molecule has 5 nitrogen and oxygen atoms in total. The Bertz CT molecular complexity index is 778. The fraction of sp³-hybridized carbons (Fsp3) is 0.222. The van der Waals surface area contributed by atoms with Gasteiger partial charge in [0.15, 0.2) is 0 Å². The van der Waals surface area contributed by atoms with Gasteiger partial charge in [-0.05, 0) is 43.2 Å². The third-order valence-corrected chi connectivity index (χ3v) is 3.53. The zero-order valence-electron chi connectivity index (χ0n) is 12.9. The van der Waals surface area contributed by atoms with Crippen molar-refractivity contribution in [3.8, 4) is 11.3 Å². The van der Waals surface area contributed by atoms with Crippen molar-refractivity contribution in [1.82, 2.24) is 10.6 Å². The van der Waals surface area contributed by atoms with Gasteiger partial charge in [-0.15, -0.1) is 0 Å². The molecule has 1 heterocycles. The minimum atomic E-state index is -0.398. The van der Waals surface area contributed by atoms with Gasteiger partial charge in [0, 0.05) is 12.1 Å². The highest BCUT2D eigenvalue weighted by Gasteiger charge is 2.22. The number of amides is 2. The Labute approximate surface area is 138 Å². The van der Waals surface area contributed by atoms with Gasteiger partial charge >= 0.3 is 0 Å². The quantitative estimate of drug-likeness (QED) is 0.800. The van der Waals surface area contributed by atoms with E-state index in [0.29, 0.717) is 17.1 Å². The Balaban J connectivity index is 1.53. The van der Waals surface area contributed by atoms with Crippen LogP contribution in [0.3, 0.4) is 0 Å². The lowest BCUT2D eigenvalue weighted by molar-refractivity contribution is -0.124. The lowest BCUT2D eigenvalue weighted by Crippen LogP contribution is -2.37. The minimum absolute atomic E-state index is 0.0572. The fourth-order valence-corrected chi connectivity index (χ4v) is 2.14. The SMILES string of the molecule is O=C(/C=C/c1ccc(-c2ccccc2F)o1)NCC(=O)NC1CC1. The second kappa shape index (κ2) is 7.12. The van der Waals surface area contributed by atoms with Crippen LogP contribution in [0.2, 0.25) is 0 Å². The molecule has 24 heavy (non-hydrogen) atoms. The summed E-state index contributed by atoms with van der Waals surface area (Å²) in [5.74, 6) is -0.159. The van der Waals surface area contributed by atoms with E-state index in [-0.39, 0.29) is 24.3 Å². The molecule has 0 bridgehead atoms. The highest BCUT2D eigenvalue weighted by atomic mass is 19.1. The predicted molar refractivity (Wildman–Crippen MR) is 87.3 cm³/mol. The van der Waals surface area contributed by atoms with Gasteiger partial charge in [0.05, 0.1) is 12.1 Å². The van der Waals surface area contributed by atoms with Crippen LogP contribution in [-0.2, 0) is 9.59 Å². The summed E-state index contributed by atoms with van der Waals surface area (Å²) in [6, 6.07) is 9.85. The number of carbonyl (C=O) groups is 2. The molecule has 0 saturated heterocycles. The second-order valence-electron chi connectivity index (χ2n) is 5.57. The summed E-state index contributed by atoms with van der Waals surface area (Å²) < 4.78 is 19.2. The third-order valence-electron chi connectivity index (χ3n) is 3.53. The van der Waals surface area contributed by atoms with Crippen LogP contribution >= 0.6 is 0 Å². The molecule has 0 spiro atoms. The number of furan rings is 1. The molecule has 1 saturated carbocycles. The Morgan fingerprint density at radius 3 is 2.75 bits per heavy atom. The molecular weight excluding hydrogens is 311 g/mol. The van der Waals surface area contributed by atoms with Crippen molar-refractivity contribution in [3.05, 3.63) is 54.1 Å². The standard InChI is InChI=1S/C18H17FN2O3/c19-15-4-2-1-3-14(15)16-9-7-13(24-16)8-10-17(22)20-11-18(23)21-12-5-6-12/h1-4,7-10,12H,5-6,11H2,(H,20,22)(H,21,23)/b10-8+. The lowest BCUT2D eigenvalue weighted by atomic mass is 10.1. The molecule has 0 aliphatic heterocycles. The Morgan fingerprint density at radius 2 is 2.00 bits per heavy atom. The Kier molecular flexibility index (Phi) is 4.74. The van der Waals surface area contributed by atoms with Crippen LogP contribution in [0.4, 0.5) is 4.39 Å². The molecule has 1 aliphatic carbocycles. The van der Waals surface area contributed by atoms with Crippen LogP contribution in [0.25, 0.3) is 17.4 Å². The summed E-state index contributed by atoms with van der Waals surface area (Å²) in [5, 5.41) is 5.27. The second-order valence-corrected chi connectivity index (χ2v) is 5.57. The zero-order chi connectivity index (χ0) is 16.9. The summed E-state index contributed by atoms with van der Waals surface area (Å²) in [5.41, 5.74) is 0.360. The van der Waals surface area contributed by atoms with Gasteiger partial charge in [-0.3, -0.25) is 9.59 Å². The summed E-state index contributed by atoms with van der Waals surface area (Å²) in [7, 11) is 0. The van der Waals surface area contributed by atoms with E-state index in [1.165, 1.54) is 18.2 Å². The van der Waals surface area contributed by atoms with Crippen molar-refractivity contribution in [2.24, 2.45) is 0 Å². The molecule has 2 aromatic rings. The van der Waals surface area contributed by atoms with E-state index in [4.69, 9.17) is 4.42 Å². The Hall–Kier alpha value is -2.89. The summed E-state index contributed by atoms with van der Waals surface area (Å²) in [6.07, 6.45) is 4.75. The van der Waals surface area contributed by atoms with E-state index >= 15 is 0 Å². The first kappa shape index (κ1) is 16.0. The van der Waals surface area contributed by atoms with Crippen LogP contribution in [0.15, 0.2) is 46.9 Å². The van der Waals surface area contributed by atoms with E-state index < -0.39 is 5.91 Å². The number of benzene rings is 1. The number of halogens is 1. The van der Waals surface area contributed by atoms with E-state index in [1.807, 2.05) is 0 Å². The van der Waals surface area contributed by atoms with Crippen LogP contribution in [0, 0.1) is 5.82 Å². The van der Waals surface area contributed by atoms with Crippen LogP contribution in [0.5, 0.6) is 0 Å². The molecular formula is C18H17FN2O3. The van der Waals surface area contributed by atoms with Gasteiger partial charge in [0.2, 0.25) is 11.8 Å². The molecule has 1 aromatic heterocycles. The lowest BCUT2D eigenvalue weighted by Gasteiger charge is -2.03. The summed E-state index contributed by atoms with van der Waals surface area (Å²) in [6.45, 7) is -0.0572. The Morgan fingerprint density at radius 1 is 1.21 bits per heavy atom.